The Morgan fingerprint density at radius 3 is 2.15 bits per heavy atom. The molecule has 0 aromatic heterocycles. The number of hydrogen-bond acceptors (Lipinski definition) is 3. The summed E-state index contributed by atoms with van der Waals surface area (Å²) in [5.41, 5.74) is 1.47. The van der Waals surface area contributed by atoms with E-state index in [0.717, 1.165) is 31.2 Å². The van der Waals surface area contributed by atoms with Crippen molar-refractivity contribution in [1.82, 2.24) is 5.32 Å². The van der Waals surface area contributed by atoms with Gasteiger partial charge < -0.3 is 15.7 Å². The molecule has 0 atom stereocenters. The van der Waals surface area contributed by atoms with E-state index >= 15 is 0 Å². The number of benzene rings is 2. The number of rotatable bonds is 6. The summed E-state index contributed by atoms with van der Waals surface area (Å²) in [5.74, 6) is -1.60. The molecule has 27 heavy (non-hydrogen) atoms. The number of nitrogens with one attached hydrogen (secondary N) is 2. The molecule has 0 unspecified atom stereocenters. The van der Waals surface area contributed by atoms with Gasteiger partial charge in [-0.2, -0.15) is 0 Å². The molecule has 0 spiro atoms. The second kappa shape index (κ2) is 8.03. The van der Waals surface area contributed by atoms with Gasteiger partial charge >= 0.3 is 5.97 Å². The molecule has 0 radical (unpaired) electrons. The van der Waals surface area contributed by atoms with Gasteiger partial charge in [0.25, 0.3) is 5.91 Å². The highest BCUT2D eigenvalue weighted by atomic mass is 16.4. The Bertz CT molecular complexity index is 825. The van der Waals surface area contributed by atoms with Crippen molar-refractivity contribution in [2.75, 3.05) is 11.9 Å². The second-order valence-electron chi connectivity index (χ2n) is 6.76. The van der Waals surface area contributed by atoms with E-state index < -0.39 is 23.8 Å². The zero-order chi connectivity index (χ0) is 19.3. The van der Waals surface area contributed by atoms with Crippen molar-refractivity contribution < 1.29 is 19.5 Å². The van der Waals surface area contributed by atoms with Crippen LogP contribution in [-0.4, -0.2) is 29.4 Å². The maximum atomic E-state index is 13.1. The van der Waals surface area contributed by atoms with Crippen molar-refractivity contribution in [1.29, 1.82) is 0 Å². The lowest BCUT2D eigenvalue weighted by atomic mass is 9.78. The summed E-state index contributed by atoms with van der Waals surface area (Å²) >= 11 is 0. The summed E-state index contributed by atoms with van der Waals surface area (Å²) in [7, 11) is 0. The Hall–Kier alpha value is -3.15. The van der Waals surface area contributed by atoms with Crippen LogP contribution in [0.25, 0.3) is 0 Å². The predicted octanol–water partition coefficient (Wildman–Crippen LogP) is 2.95. The van der Waals surface area contributed by atoms with Crippen LogP contribution in [0.5, 0.6) is 0 Å². The highest BCUT2D eigenvalue weighted by Gasteiger charge is 2.42. The summed E-state index contributed by atoms with van der Waals surface area (Å²) in [6.45, 7) is -0.434. The fraction of sp³-hybridized carbons (Fsp3) is 0.286. The molecule has 0 saturated heterocycles. The molecule has 2 amide bonds. The lowest BCUT2D eigenvalue weighted by molar-refractivity contribution is -0.135. The Labute approximate surface area is 157 Å². The maximum absolute atomic E-state index is 13.1. The standard InChI is InChI=1S/C21H22N2O4/c24-18(25)14-22-19(26)15-8-10-17(11-9-15)23-20(27)21(12-4-5-13-21)16-6-2-1-3-7-16/h1-3,6-11H,4-5,12-14H2,(H,22,26)(H,23,27)(H,24,25). The van der Waals surface area contributed by atoms with Gasteiger partial charge in [0.05, 0.1) is 5.41 Å². The molecule has 1 aliphatic carbocycles. The number of aliphatic carboxylic acids is 1. The normalized spacial score (nSPS) is 15.1. The fourth-order valence-electron chi connectivity index (χ4n) is 3.60. The first kappa shape index (κ1) is 18.6. The summed E-state index contributed by atoms with van der Waals surface area (Å²) < 4.78 is 0. The highest BCUT2D eigenvalue weighted by Crippen LogP contribution is 2.42. The van der Waals surface area contributed by atoms with E-state index in [0.29, 0.717) is 11.3 Å². The predicted molar refractivity (Wildman–Crippen MR) is 102 cm³/mol. The molecule has 1 saturated carbocycles. The average molecular weight is 366 g/mol. The molecule has 0 bridgehead atoms. The number of carbonyl (C=O) groups excluding carboxylic acids is 2. The number of carboxylic acids is 1. The summed E-state index contributed by atoms with van der Waals surface area (Å²) in [4.78, 5) is 35.5. The van der Waals surface area contributed by atoms with Crippen LogP contribution < -0.4 is 10.6 Å². The SMILES string of the molecule is O=C(O)CNC(=O)c1ccc(NC(=O)C2(c3ccccc3)CCCC2)cc1. The summed E-state index contributed by atoms with van der Waals surface area (Å²) in [5, 5.41) is 13.9. The second-order valence-corrected chi connectivity index (χ2v) is 6.76. The van der Waals surface area contributed by atoms with E-state index in [1.165, 1.54) is 0 Å². The lowest BCUT2D eigenvalue weighted by Gasteiger charge is -2.28. The van der Waals surface area contributed by atoms with Gasteiger partial charge in [-0.3, -0.25) is 14.4 Å². The molecule has 2 aromatic rings. The minimum Gasteiger partial charge on any atom is -0.480 e. The van der Waals surface area contributed by atoms with Crippen LogP contribution in [0.1, 0.15) is 41.6 Å². The first-order valence-corrected chi connectivity index (χ1v) is 8.98. The van der Waals surface area contributed by atoms with E-state index in [1.54, 1.807) is 24.3 Å². The Morgan fingerprint density at radius 1 is 0.926 bits per heavy atom. The third kappa shape index (κ3) is 4.16. The molecule has 3 N–H and O–H groups in total. The molecule has 6 heteroatoms. The van der Waals surface area contributed by atoms with Crippen LogP contribution in [0.4, 0.5) is 5.69 Å². The van der Waals surface area contributed by atoms with Gasteiger partial charge in [0, 0.05) is 11.3 Å². The third-order valence-electron chi connectivity index (χ3n) is 5.02. The molecule has 1 fully saturated rings. The Morgan fingerprint density at radius 2 is 1.56 bits per heavy atom. The largest absolute Gasteiger partial charge is 0.480 e. The topological polar surface area (TPSA) is 95.5 Å². The quantitative estimate of drug-likeness (QED) is 0.732. The molecule has 1 aliphatic rings. The van der Waals surface area contributed by atoms with Gasteiger partial charge in [0.1, 0.15) is 6.54 Å². The Balaban J connectivity index is 1.72. The molecule has 0 heterocycles. The van der Waals surface area contributed by atoms with Crippen molar-refractivity contribution in [3.63, 3.8) is 0 Å². The van der Waals surface area contributed by atoms with E-state index in [2.05, 4.69) is 10.6 Å². The minimum atomic E-state index is -1.10. The van der Waals surface area contributed by atoms with Crippen molar-refractivity contribution in [2.24, 2.45) is 0 Å². The van der Waals surface area contributed by atoms with Crippen LogP contribution in [0.3, 0.4) is 0 Å². The minimum absolute atomic E-state index is 0.0331. The lowest BCUT2D eigenvalue weighted by Crippen LogP contribution is -2.38. The van der Waals surface area contributed by atoms with Crippen LogP contribution in [-0.2, 0) is 15.0 Å². The monoisotopic (exact) mass is 366 g/mol. The Kier molecular flexibility index (Phi) is 5.54. The number of carbonyl (C=O) groups is 3. The van der Waals surface area contributed by atoms with Crippen LogP contribution in [0.15, 0.2) is 54.6 Å². The molecular weight excluding hydrogens is 344 g/mol. The highest BCUT2D eigenvalue weighted by molar-refractivity contribution is 6.00. The van der Waals surface area contributed by atoms with Crippen LogP contribution >= 0.6 is 0 Å². The first-order chi connectivity index (χ1) is 13.0. The van der Waals surface area contributed by atoms with Crippen molar-refractivity contribution in [2.45, 2.75) is 31.1 Å². The molecule has 2 aromatic carbocycles. The summed E-state index contributed by atoms with van der Waals surface area (Å²) in [6, 6.07) is 16.3. The number of amides is 2. The van der Waals surface area contributed by atoms with Gasteiger partial charge in [-0.1, -0.05) is 43.2 Å². The molecular formula is C21H22N2O4. The van der Waals surface area contributed by atoms with Gasteiger partial charge in [-0.15, -0.1) is 0 Å². The van der Waals surface area contributed by atoms with Gasteiger partial charge in [-0.05, 0) is 42.7 Å². The van der Waals surface area contributed by atoms with Gasteiger partial charge in [0.15, 0.2) is 0 Å². The smallest absolute Gasteiger partial charge is 0.322 e. The summed E-state index contributed by atoms with van der Waals surface area (Å²) in [6.07, 6.45) is 3.67. The first-order valence-electron chi connectivity index (χ1n) is 8.98. The molecule has 0 aliphatic heterocycles. The van der Waals surface area contributed by atoms with Crippen LogP contribution in [0.2, 0.25) is 0 Å². The third-order valence-corrected chi connectivity index (χ3v) is 5.02. The fourth-order valence-corrected chi connectivity index (χ4v) is 3.60. The van der Waals surface area contributed by atoms with Gasteiger partial charge in [0.2, 0.25) is 5.91 Å². The molecule has 6 nitrogen and oxygen atoms in total. The van der Waals surface area contributed by atoms with E-state index in [1.807, 2.05) is 30.3 Å². The van der Waals surface area contributed by atoms with Crippen LogP contribution in [0, 0.1) is 0 Å². The zero-order valence-electron chi connectivity index (χ0n) is 14.9. The number of anilines is 1. The zero-order valence-corrected chi connectivity index (χ0v) is 14.9. The van der Waals surface area contributed by atoms with Crippen molar-refractivity contribution in [3.8, 4) is 0 Å². The number of hydrogen-bond donors (Lipinski definition) is 3. The van der Waals surface area contributed by atoms with Gasteiger partial charge in [-0.25, -0.2) is 0 Å². The number of carboxylic acid groups (broad SMARTS) is 1. The van der Waals surface area contributed by atoms with Crippen molar-refractivity contribution in [3.05, 3.63) is 65.7 Å². The van der Waals surface area contributed by atoms with E-state index in [4.69, 9.17) is 5.11 Å². The average Bonchev–Trinajstić information content (AvgIpc) is 3.18. The maximum Gasteiger partial charge on any atom is 0.322 e. The van der Waals surface area contributed by atoms with E-state index in [9.17, 15) is 14.4 Å². The van der Waals surface area contributed by atoms with E-state index in [-0.39, 0.29) is 5.91 Å². The van der Waals surface area contributed by atoms with Crippen molar-refractivity contribution >= 4 is 23.5 Å². The molecule has 140 valence electrons. The molecule has 3 rings (SSSR count).